The van der Waals surface area contributed by atoms with Crippen molar-refractivity contribution < 1.29 is 21.6 Å². The van der Waals surface area contributed by atoms with E-state index in [0.717, 1.165) is 33.4 Å². The average Bonchev–Trinajstić information content (AvgIpc) is 3.68. The summed E-state index contributed by atoms with van der Waals surface area (Å²) < 4.78 is 68.3. The maximum atomic E-state index is 13.4. The number of fused-ring (bicyclic) bond motifs is 1. The molecule has 0 unspecified atom stereocenters. The lowest BCUT2D eigenvalue weighted by Gasteiger charge is -2.32. The number of sulfonamides is 1. The Labute approximate surface area is 225 Å². The van der Waals surface area contributed by atoms with Crippen LogP contribution in [0.1, 0.15) is 36.9 Å². The van der Waals surface area contributed by atoms with Gasteiger partial charge in [-0.2, -0.15) is 22.6 Å². The van der Waals surface area contributed by atoms with E-state index in [4.69, 9.17) is 0 Å². The zero-order chi connectivity index (χ0) is 27.4. The lowest BCUT2D eigenvalue weighted by atomic mass is 9.95. The third-order valence-corrected chi connectivity index (χ3v) is 10.0. The maximum Gasteiger partial charge on any atom is 0.398 e. The van der Waals surface area contributed by atoms with Gasteiger partial charge in [0.2, 0.25) is 10.0 Å². The first kappa shape index (κ1) is 25.9. The van der Waals surface area contributed by atoms with Gasteiger partial charge in [0.1, 0.15) is 0 Å². The first-order valence-electron chi connectivity index (χ1n) is 13.1. The third kappa shape index (κ3) is 4.69. The number of nitrogens with one attached hydrogen (secondary N) is 2. The van der Waals surface area contributed by atoms with E-state index in [9.17, 15) is 21.6 Å². The molecule has 1 aliphatic carbocycles. The number of hydrogen-bond donors (Lipinski definition) is 2. The van der Waals surface area contributed by atoms with E-state index in [2.05, 4.69) is 15.5 Å². The SMILES string of the molecule is Cc1[nH]nc2ccc(-c3ccc(S(=O)(=O)N4CCC(Nc5ccc(C6(C(F)(F)F)CC6)cc5)CC4)cc3)cc12. The molecule has 2 fully saturated rings. The third-order valence-electron chi connectivity index (χ3n) is 8.12. The molecule has 2 heterocycles. The van der Waals surface area contributed by atoms with Gasteiger partial charge in [-0.15, -0.1) is 0 Å². The molecule has 0 spiro atoms. The number of aryl methyl sites for hydroxylation is 1. The molecule has 1 saturated carbocycles. The maximum absolute atomic E-state index is 13.4. The van der Waals surface area contributed by atoms with Crippen LogP contribution in [0.4, 0.5) is 18.9 Å². The van der Waals surface area contributed by atoms with Crippen molar-refractivity contribution in [2.45, 2.75) is 55.1 Å². The van der Waals surface area contributed by atoms with Crippen LogP contribution in [0.5, 0.6) is 0 Å². The number of hydrogen-bond acceptors (Lipinski definition) is 4. The molecule has 204 valence electrons. The summed E-state index contributed by atoms with van der Waals surface area (Å²) in [6.45, 7) is 2.70. The molecule has 0 amide bonds. The van der Waals surface area contributed by atoms with Gasteiger partial charge in [0, 0.05) is 35.9 Å². The number of nitrogens with zero attached hydrogens (tertiary/aromatic N) is 2. The topological polar surface area (TPSA) is 78.1 Å². The lowest BCUT2D eigenvalue weighted by molar-refractivity contribution is -0.160. The van der Waals surface area contributed by atoms with Crippen molar-refractivity contribution in [2.75, 3.05) is 18.4 Å². The van der Waals surface area contributed by atoms with E-state index < -0.39 is 21.6 Å². The summed E-state index contributed by atoms with van der Waals surface area (Å²) in [6.07, 6.45) is -2.74. The Morgan fingerprint density at radius 3 is 2.21 bits per heavy atom. The second-order valence-electron chi connectivity index (χ2n) is 10.6. The Morgan fingerprint density at radius 1 is 0.949 bits per heavy atom. The average molecular weight is 555 g/mol. The Morgan fingerprint density at radius 2 is 1.59 bits per heavy atom. The van der Waals surface area contributed by atoms with E-state index in [1.165, 1.54) is 4.31 Å². The largest absolute Gasteiger partial charge is 0.398 e. The van der Waals surface area contributed by atoms with Crippen molar-refractivity contribution in [1.82, 2.24) is 14.5 Å². The second kappa shape index (κ2) is 9.38. The number of rotatable bonds is 6. The molecule has 10 heteroatoms. The molecule has 6 nitrogen and oxygen atoms in total. The van der Waals surface area contributed by atoms with Gasteiger partial charge >= 0.3 is 6.18 Å². The number of aromatic nitrogens is 2. The molecule has 1 saturated heterocycles. The molecule has 0 bridgehead atoms. The van der Waals surface area contributed by atoms with E-state index >= 15 is 0 Å². The molecule has 0 atom stereocenters. The van der Waals surface area contributed by atoms with Crippen LogP contribution in [0.3, 0.4) is 0 Å². The predicted molar refractivity (Wildman–Crippen MR) is 145 cm³/mol. The van der Waals surface area contributed by atoms with Crippen molar-refractivity contribution in [2.24, 2.45) is 0 Å². The molecule has 39 heavy (non-hydrogen) atoms. The number of benzene rings is 3. The fraction of sp³-hybridized carbons (Fsp3) is 0.345. The Balaban J connectivity index is 1.08. The predicted octanol–water partition coefficient (Wildman–Crippen LogP) is 6.40. The summed E-state index contributed by atoms with van der Waals surface area (Å²) in [5, 5.41) is 11.6. The van der Waals surface area contributed by atoms with Crippen LogP contribution in [0, 0.1) is 6.92 Å². The highest BCUT2D eigenvalue weighted by atomic mass is 32.2. The molecule has 3 aromatic carbocycles. The fourth-order valence-corrected chi connectivity index (χ4v) is 6.98. The second-order valence-corrected chi connectivity index (χ2v) is 12.5. The Hall–Kier alpha value is -3.37. The Kier molecular flexibility index (Phi) is 6.22. The summed E-state index contributed by atoms with van der Waals surface area (Å²) >= 11 is 0. The molecule has 6 rings (SSSR count). The molecule has 1 aromatic heterocycles. The molecular formula is C29H29F3N4O2S. The number of alkyl halides is 3. The quantitative estimate of drug-likeness (QED) is 0.289. The van der Waals surface area contributed by atoms with Gasteiger partial charge in [0.05, 0.1) is 15.8 Å². The first-order valence-corrected chi connectivity index (χ1v) is 14.5. The van der Waals surface area contributed by atoms with E-state index in [1.54, 1.807) is 36.4 Å². The number of piperidine rings is 1. The normalized spacial score (nSPS) is 18.4. The summed E-state index contributed by atoms with van der Waals surface area (Å²) in [6, 6.07) is 19.4. The highest BCUT2D eigenvalue weighted by Crippen LogP contribution is 2.58. The van der Waals surface area contributed by atoms with Gasteiger partial charge in [-0.1, -0.05) is 30.3 Å². The van der Waals surface area contributed by atoms with Crippen LogP contribution < -0.4 is 5.32 Å². The molecule has 1 aliphatic heterocycles. The molecule has 0 radical (unpaired) electrons. The summed E-state index contributed by atoms with van der Waals surface area (Å²) in [7, 11) is -3.63. The highest BCUT2D eigenvalue weighted by molar-refractivity contribution is 7.89. The van der Waals surface area contributed by atoms with E-state index in [-0.39, 0.29) is 23.8 Å². The van der Waals surface area contributed by atoms with Crippen molar-refractivity contribution in [1.29, 1.82) is 0 Å². The van der Waals surface area contributed by atoms with Gasteiger partial charge in [-0.3, -0.25) is 5.10 Å². The van der Waals surface area contributed by atoms with Crippen LogP contribution in [0.2, 0.25) is 0 Å². The molecular weight excluding hydrogens is 525 g/mol. The number of halogens is 3. The number of aromatic amines is 1. The molecule has 4 aromatic rings. The standard InChI is InChI=1S/C29H29F3N4O2S/c1-19-26-18-21(4-11-27(26)35-34-19)20-2-9-25(10-3-20)39(37,38)36-16-12-24(13-17-36)33-23-7-5-22(6-8-23)28(14-15-28)29(30,31)32/h2-11,18,24,33H,12-17H2,1H3,(H,34,35). The number of anilines is 1. The van der Waals surface area contributed by atoms with E-state index in [0.29, 0.717) is 31.5 Å². The smallest absolute Gasteiger partial charge is 0.382 e. The minimum absolute atomic E-state index is 0.0449. The summed E-state index contributed by atoms with van der Waals surface area (Å²) in [5.41, 5.74) is 3.15. The van der Waals surface area contributed by atoms with Crippen LogP contribution in [0.25, 0.3) is 22.0 Å². The Bertz CT molecular complexity index is 1600. The lowest BCUT2D eigenvalue weighted by Crippen LogP contribution is -2.42. The summed E-state index contributed by atoms with van der Waals surface area (Å²) in [4.78, 5) is 0.257. The van der Waals surface area contributed by atoms with Crippen molar-refractivity contribution in [3.8, 4) is 11.1 Å². The first-order chi connectivity index (χ1) is 18.6. The van der Waals surface area contributed by atoms with Crippen LogP contribution in [-0.4, -0.2) is 48.2 Å². The van der Waals surface area contributed by atoms with Gasteiger partial charge < -0.3 is 5.32 Å². The fourth-order valence-electron chi connectivity index (χ4n) is 5.51. The van der Waals surface area contributed by atoms with Crippen LogP contribution in [-0.2, 0) is 15.4 Å². The van der Waals surface area contributed by atoms with Crippen LogP contribution in [0.15, 0.2) is 71.6 Å². The van der Waals surface area contributed by atoms with Crippen molar-refractivity contribution in [3.63, 3.8) is 0 Å². The van der Waals surface area contributed by atoms with Crippen molar-refractivity contribution >= 4 is 26.6 Å². The van der Waals surface area contributed by atoms with Gasteiger partial charge in [-0.25, -0.2) is 8.42 Å². The minimum Gasteiger partial charge on any atom is -0.382 e. The zero-order valence-corrected chi connectivity index (χ0v) is 22.2. The highest BCUT2D eigenvalue weighted by Gasteiger charge is 2.64. The van der Waals surface area contributed by atoms with E-state index in [1.807, 2.05) is 37.3 Å². The van der Waals surface area contributed by atoms with Gasteiger partial charge in [-0.05, 0) is 85.7 Å². The van der Waals surface area contributed by atoms with Crippen molar-refractivity contribution in [3.05, 3.63) is 78.0 Å². The number of H-pyrrole nitrogens is 1. The zero-order valence-electron chi connectivity index (χ0n) is 21.4. The molecule has 2 N–H and O–H groups in total. The minimum atomic E-state index is -4.23. The monoisotopic (exact) mass is 554 g/mol. The van der Waals surface area contributed by atoms with Crippen LogP contribution >= 0.6 is 0 Å². The molecule has 2 aliphatic rings. The van der Waals surface area contributed by atoms with Gasteiger partial charge in [0.25, 0.3) is 0 Å². The van der Waals surface area contributed by atoms with Gasteiger partial charge in [0.15, 0.2) is 0 Å². The summed E-state index contributed by atoms with van der Waals surface area (Å²) in [5.74, 6) is 0.